The molecule has 0 aliphatic carbocycles. The van der Waals surface area contributed by atoms with Crippen LogP contribution >= 0.6 is 23.4 Å². The van der Waals surface area contributed by atoms with Crippen LogP contribution in [0, 0.1) is 0 Å². The third-order valence-corrected chi connectivity index (χ3v) is 5.30. The Morgan fingerprint density at radius 2 is 1.97 bits per heavy atom. The van der Waals surface area contributed by atoms with E-state index in [1.165, 1.54) is 0 Å². The van der Waals surface area contributed by atoms with Gasteiger partial charge in [-0.05, 0) is 50.2 Å². The second-order valence-corrected chi connectivity index (χ2v) is 7.94. The Hall–Kier alpha value is -3.04. The van der Waals surface area contributed by atoms with Gasteiger partial charge >= 0.3 is 6.03 Å². The number of hydrogen-bond donors (Lipinski definition) is 2. The van der Waals surface area contributed by atoms with Crippen LogP contribution < -0.4 is 15.8 Å². The number of primary amides is 1. The molecular formula is C20H20ClN5O3S. The van der Waals surface area contributed by atoms with Gasteiger partial charge in [-0.1, -0.05) is 35.5 Å². The maximum absolute atomic E-state index is 12.1. The van der Waals surface area contributed by atoms with Crippen LogP contribution in [0.4, 0.5) is 4.79 Å². The summed E-state index contributed by atoms with van der Waals surface area (Å²) >= 11 is 7.31. The number of rotatable bonds is 7. The highest BCUT2D eigenvalue weighted by molar-refractivity contribution is 8.00. The van der Waals surface area contributed by atoms with E-state index in [9.17, 15) is 9.59 Å². The highest BCUT2D eigenvalue weighted by Gasteiger charge is 2.22. The molecule has 1 aromatic heterocycles. The van der Waals surface area contributed by atoms with Gasteiger partial charge in [0, 0.05) is 16.3 Å². The fourth-order valence-electron chi connectivity index (χ4n) is 2.69. The van der Waals surface area contributed by atoms with Crippen molar-refractivity contribution in [2.24, 2.45) is 5.73 Å². The standard InChI is InChI=1S/C20H20ClN5O3S/c1-3-29-16-9-7-15(8-10-16)26-17(13-5-4-6-14(21)11-13)24-25-20(26)30-12(2)18(27)23-19(22)28/h4-12H,3H2,1-2H3,(H3,22,23,27,28)/t12-/m0/s1. The zero-order chi connectivity index (χ0) is 21.7. The fraction of sp³-hybridized carbons (Fsp3) is 0.200. The minimum absolute atomic E-state index is 0.473. The van der Waals surface area contributed by atoms with Crippen molar-refractivity contribution >= 4 is 35.3 Å². The first-order valence-corrected chi connectivity index (χ1v) is 10.4. The Morgan fingerprint density at radius 3 is 2.60 bits per heavy atom. The summed E-state index contributed by atoms with van der Waals surface area (Å²) in [7, 11) is 0. The van der Waals surface area contributed by atoms with Gasteiger partial charge in [0.15, 0.2) is 11.0 Å². The maximum atomic E-state index is 12.1. The van der Waals surface area contributed by atoms with Crippen LogP contribution in [0.1, 0.15) is 13.8 Å². The van der Waals surface area contributed by atoms with E-state index < -0.39 is 17.2 Å². The number of benzene rings is 2. The number of halogens is 1. The molecule has 30 heavy (non-hydrogen) atoms. The molecule has 0 fully saturated rings. The van der Waals surface area contributed by atoms with Gasteiger partial charge in [0.05, 0.1) is 11.9 Å². The minimum atomic E-state index is -0.903. The lowest BCUT2D eigenvalue weighted by Crippen LogP contribution is -2.39. The Kier molecular flexibility index (Phi) is 6.96. The molecule has 1 heterocycles. The van der Waals surface area contributed by atoms with Gasteiger partial charge in [-0.25, -0.2) is 4.79 Å². The zero-order valence-electron chi connectivity index (χ0n) is 16.3. The Balaban J connectivity index is 2.02. The summed E-state index contributed by atoms with van der Waals surface area (Å²) < 4.78 is 7.33. The second kappa shape index (κ2) is 9.64. The fourth-order valence-corrected chi connectivity index (χ4v) is 3.74. The van der Waals surface area contributed by atoms with Crippen LogP contribution in [0.5, 0.6) is 5.75 Å². The van der Waals surface area contributed by atoms with E-state index in [1.807, 2.05) is 47.9 Å². The summed E-state index contributed by atoms with van der Waals surface area (Å²) in [5, 5.41) is 11.1. The average molecular weight is 446 g/mol. The van der Waals surface area contributed by atoms with Crippen LogP contribution in [0.3, 0.4) is 0 Å². The van der Waals surface area contributed by atoms with Gasteiger partial charge < -0.3 is 10.5 Å². The molecule has 1 atom stereocenters. The lowest BCUT2D eigenvalue weighted by Gasteiger charge is -2.14. The number of urea groups is 1. The van der Waals surface area contributed by atoms with Gasteiger partial charge in [0.25, 0.3) is 0 Å². The summed E-state index contributed by atoms with van der Waals surface area (Å²) in [5.74, 6) is 0.784. The highest BCUT2D eigenvalue weighted by atomic mass is 35.5. The Morgan fingerprint density at radius 1 is 1.23 bits per heavy atom. The van der Waals surface area contributed by atoms with Crippen molar-refractivity contribution in [2.75, 3.05) is 6.61 Å². The molecule has 3 aromatic rings. The number of carbonyl (C=O) groups excluding carboxylic acids is 2. The zero-order valence-corrected chi connectivity index (χ0v) is 17.9. The summed E-state index contributed by atoms with van der Waals surface area (Å²) in [6.07, 6.45) is 0. The molecule has 8 nitrogen and oxygen atoms in total. The van der Waals surface area contributed by atoms with E-state index in [0.29, 0.717) is 22.6 Å². The van der Waals surface area contributed by atoms with E-state index in [1.54, 1.807) is 19.1 Å². The molecule has 0 spiro atoms. The molecule has 0 saturated carbocycles. The molecule has 0 radical (unpaired) electrons. The lowest BCUT2D eigenvalue weighted by molar-refractivity contribution is -0.119. The van der Waals surface area contributed by atoms with Crippen molar-refractivity contribution in [1.82, 2.24) is 20.1 Å². The highest BCUT2D eigenvalue weighted by Crippen LogP contribution is 2.31. The number of hydrogen-bond acceptors (Lipinski definition) is 6. The maximum Gasteiger partial charge on any atom is 0.318 e. The molecule has 3 rings (SSSR count). The van der Waals surface area contributed by atoms with Crippen molar-refractivity contribution in [1.29, 1.82) is 0 Å². The number of amides is 3. The monoisotopic (exact) mass is 445 g/mol. The van der Waals surface area contributed by atoms with Gasteiger partial charge in [-0.3, -0.25) is 14.7 Å². The van der Waals surface area contributed by atoms with Crippen molar-refractivity contribution in [3.63, 3.8) is 0 Å². The first kappa shape index (κ1) is 21.7. The molecule has 2 aromatic carbocycles. The van der Waals surface area contributed by atoms with Crippen molar-refractivity contribution in [3.05, 3.63) is 53.6 Å². The van der Waals surface area contributed by atoms with E-state index in [4.69, 9.17) is 22.1 Å². The number of imide groups is 1. The largest absolute Gasteiger partial charge is 0.494 e. The summed E-state index contributed by atoms with van der Waals surface area (Å²) in [6, 6.07) is 13.8. The molecule has 0 unspecified atom stereocenters. The van der Waals surface area contributed by atoms with Crippen LogP contribution in [-0.4, -0.2) is 38.6 Å². The van der Waals surface area contributed by atoms with E-state index in [-0.39, 0.29) is 0 Å². The number of ether oxygens (including phenoxy) is 1. The predicted molar refractivity (Wildman–Crippen MR) is 116 cm³/mol. The third-order valence-electron chi connectivity index (χ3n) is 4.02. The van der Waals surface area contributed by atoms with Crippen molar-refractivity contribution < 1.29 is 14.3 Å². The van der Waals surface area contributed by atoms with E-state index in [2.05, 4.69) is 15.5 Å². The van der Waals surface area contributed by atoms with E-state index in [0.717, 1.165) is 28.8 Å². The summed E-state index contributed by atoms with van der Waals surface area (Å²) in [4.78, 5) is 23.1. The van der Waals surface area contributed by atoms with Crippen LogP contribution in [0.25, 0.3) is 17.1 Å². The van der Waals surface area contributed by atoms with Gasteiger partial charge in [0.1, 0.15) is 5.75 Å². The first-order chi connectivity index (χ1) is 14.4. The van der Waals surface area contributed by atoms with Gasteiger partial charge in [0.2, 0.25) is 5.91 Å². The van der Waals surface area contributed by atoms with Gasteiger partial charge in [-0.2, -0.15) is 0 Å². The molecule has 0 aliphatic rings. The Bertz CT molecular complexity index is 1050. The number of carbonyl (C=O) groups is 2. The second-order valence-electron chi connectivity index (χ2n) is 6.19. The third kappa shape index (κ3) is 5.11. The summed E-state index contributed by atoms with van der Waals surface area (Å²) in [6.45, 7) is 4.13. The molecule has 0 bridgehead atoms. The predicted octanol–water partition coefficient (Wildman–Crippen LogP) is 3.66. The summed E-state index contributed by atoms with van der Waals surface area (Å²) in [5.41, 5.74) is 6.59. The molecule has 10 heteroatoms. The average Bonchev–Trinajstić information content (AvgIpc) is 3.12. The minimum Gasteiger partial charge on any atom is -0.494 e. The molecule has 3 N–H and O–H groups in total. The molecule has 0 saturated heterocycles. The Labute approximate surface area is 182 Å². The van der Waals surface area contributed by atoms with Crippen molar-refractivity contribution in [3.8, 4) is 22.8 Å². The SMILES string of the molecule is CCOc1ccc(-n2c(S[C@@H](C)C(=O)NC(N)=O)nnc2-c2cccc(Cl)c2)cc1. The number of aromatic nitrogens is 3. The lowest BCUT2D eigenvalue weighted by atomic mass is 10.2. The molecular weight excluding hydrogens is 426 g/mol. The molecule has 156 valence electrons. The molecule has 0 aliphatic heterocycles. The number of nitrogens with one attached hydrogen (secondary N) is 1. The normalized spacial score (nSPS) is 11.7. The van der Waals surface area contributed by atoms with Crippen LogP contribution in [0.15, 0.2) is 53.7 Å². The molecule has 3 amide bonds. The first-order valence-electron chi connectivity index (χ1n) is 9.10. The smallest absolute Gasteiger partial charge is 0.318 e. The number of nitrogens with two attached hydrogens (primary N) is 1. The van der Waals surface area contributed by atoms with Gasteiger partial charge in [-0.15, -0.1) is 10.2 Å². The quantitative estimate of drug-likeness (QED) is 0.536. The number of thioether (sulfide) groups is 1. The van der Waals surface area contributed by atoms with E-state index >= 15 is 0 Å². The topological polar surface area (TPSA) is 112 Å². The number of nitrogens with zero attached hydrogens (tertiary/aromatic N) is 3. The van der Waals surface area contributed by atoms with Crippen LogP contribution in [-0.2, 0) is 4.79 Å². The van der Waals surface area contributed by atoms with Crippen LogP contribution in [0.2, 0.25) is 5.02 Å². The van der Waals surface area contributed by atoms with Crippen molar-refractivity contribution in [2.45, 2.75) is 24.3 Å².